The molecule has 0 amide bonds. The van der Waals surface area contributed by atoms with Crippen molar-refractivity contribution in [2.45, 2.75) is 128 Å². The van der Waals surface area contributed by atoms with Crippen LogP contribution in [0.25, 0.3) is 0 Å². The minimum atomic E-state index is -0.709. The highest BCUT2D eigenvalue weighted by molar-refractivity contribution is 5.14. The molecule has 2 aliphatic rings. The molecule has 34 heavy (non-hydrogen) atoms. The van der Waals surface area contributed by atoms with Crippen LogP contribution in [0, 0.1) is 0 Å². The van der Waals surface area contributed by atoms with Gasteiger partial charge in [-0.1, -0.05) is 95.0 Å². The molecule has 3 rings (SSSR count). The van der Waals surface area contributed by atoms with Gasteiger partial charge in [-0.15, -0.1) is 0 Å². The van der Waals surface area contributed by atoms with E-state index in [0.717, 1.165) is 6.42 Å². The van der Waals surface area contributed by atoms with Gasteiger partial charge in [0.05, 0.1) is 6.10 Å². The van der Waals surface area contributed by atoms with Crippen molar-refractivity contribution in [1.29, 1.82) is 0 Å². The first-order chi connectivity index (χ1) is 16.5. The number of fused-ring (bicyclic) bond motifs is 1. The number of hydrogen-bond acceptors (Lipinski definition) is 6. The molecule has 1 aromatic carbocycles. The molecule has 2 fully saturated rings. The van der Waals surface area contributed by atoms with Crippen LogP contribution in [0.3, 0.4) is 0 Å². The van der Waals surface area contributed by atoms with Gasteiger partial charge in [-0.2, -0.15) is 0 Å². The van der Waals surface area contributed by atoms with E-state index < -0.39 is 24.3 Å². The van der Waals surface area contributed by atoms with E-state index in [0.29, 0.717) is 19.7 Å². The zero-order valence-corrected chi connectivity index (χ0v) is 21.5. The number of aliphatic hydroxyl groups is 1. The van der Waals surface area contributed by atoms with Gasteiger partial charge in [0.15, 0.2) is 12.1 Å². The third kappa shape index (κ3) is 8.89. The molecule has 2 N–H and O–H groups in total. The first kappa shape index (κ1) is 27.6. The van der Waals surface area contributed by atoms with E-state index in [2.05, 4.69) is 24.4 Å². The molecule has 0 radical (unpaired) electrons. The molecule has 0 saturated carbocycles. The molecule has 2 saturated heterocycles. The molecule has 6 nitrogen and oxygen atoms in total. The van der Waals surface area contributed by atoms with Gasteiger partial charge in [0.25, 0.3) is 0 Å². The Labute approximate surface area is 206 Å². The van der Waals surface area contributed by atoms with Crippen molar-refractivity contribution < 1.29 is 24.1 Å². The average molecular weight is 478 g/mol. The number of nitrogens with one attached hydrogen (secondary N) is 1. The van der Waals surface area contributed by atoms with Crippen LogP contribution in [0.4, 0.5) is 0 Å². The van der Waals surface area contributed by atoms with Crippen molar-refractivity contribution in [3.05, 3.63) is 35.9 Å². The summed E-state index contributed by atoms with van der Waals surface area (Å²) in [5.41, 5.74) is 1.18. The number of rotatable bonds is 17. The summed E-state index contributed by atoms with van der Waals surface area (Å²) in [5.74, 6) is -0.701. The number of unbranched alkanes of at least 4 members (excludes halogenated alkanes) is 9. The summed E-state index contributed by atoms with van der Waals surface area (Å²) in [6, 6.07) is 10.2. The summed E-state index contributed by atoms with van der Waals surface area (Å²) in [5, 5.41) is 14.2. The largest absolute Gasteiger partial charge is 0.389 e. The second-order valence-corrected chi connectivity index (χ2v) is 10.3. The Hall–Kier alpha value is -1.02. The number of aliphatic hydroxyl groups excluding tert-OH is 1. The zero-order chi connectivity index (χ0) is 24.2. The topological polar surface area (TPSA) is 69.2 Å². The Balaban J connectivity index is 1.34. The highest BCUT2D eigenvalue weighted by Gasteiger charge is 2.57. The van der Waals surface area contributed by atoms with E-state index in [-0.39, 0.29) is 12.2 Å². The summed E-state index contributed by atoms with van der Waals surface area (Å²) >= 11 is 0. The summed E-state index contributed by atoms with van der Waals surface area (Å²) in [7, 11) is 0. The molecule has 0 bridgehead atoms. The first-order valence-corrected chi connectivity index (χ1v) is 13.6. The van der Waals surface area contributed by atoms with Crippen LogP contribution in [0.1, 0.15) is 90.5 Å². The van der Waals surface area contributed by atoms with Crippen LogP contribution in [-0.4, -0.2) is 54.8 Å². The van der Waals surface area contributed by atoms with E-state index in [1.165, 1.54) is 63.4 Å². The smallest absolute Gasteiger partial charge is 0.187 e. The standard InChI is InChI=1S/C28H47NO5/c1-4-5-6-7-8-9-10-11-12-16-19-31-27-26-25(33-28(2,3)34-26)24(32-27)23(30)21-29-20-22-17-14-13-15-18-22/h13-15,17-18,23-27,29-30H,4-12,16,19-21H2,1-3H3/t23-,24-,25+,26+,27+/m1/s1. The first-order valence-electron chi connectivity index (χ1n) is 13.6. The Bertz CT molecular complexity index is 670. The monoisotopic (exact) mass is 477 g/mol. The van der Waals surface area contributed by atoms with Crippen molar-refractivity contribution in [1.82, 2.24) is 5.32 Å². The molecular formula is C28H47NO5. The minimum Gasteiger partial charge on any atom is -0.389 e. The molecule has 0 aromatic heterocycles. The Morgan fingerprint density at radius 1 is 0.912 bits per heavy atom. The molecule has 5 atom stereocenters. The third-order valence-electron chi connectivity index (χ3n) is 6.73. The van der Waals surface area contributed by atoms with Gasteiger partial charge in [0, 0.05) is 19.7 Å². The summed E-state index contributed by atoms with van der Waals surface area (Å²) in [6.07, 6.45) is 10.6. The zero-order valence-electron chi connectivity index (χ0n) is 21.5. The molecule has 1 aromatic rings. The number of ether oxygens (including phenoxy) is 4. The molecule has 6 heteroatoms. The molecule has 194 valence electrons. The highest BCUT2D eigenvalue weighted by Crippen LogP contribution is 2.40. The fourth-order valence-electron chi connectivity index (χ4n) is 4.90. The van der Waals surface area contributed by atoms with Gasteiger partial charge in [0.1, 0.15) is 18.3 Å². The average Bonchev–Trinajstić information content (AvgIpc) is 3.31. The number of benzene rings is 1. The fourth-order valence-corrected chi connectivity index (χ4v) is 4.90. The summed E-state index contributed by atoms with van der Waals surface area (Å²) in [4.78, 5) is 0. The fraction of sp³-hybridized carbons (Fsp3) is 0.786. The second-order valence-electron chi connectivity index (χ2n) is 10.3. The summed E-state index contributed by atoms with van der Waals surface area (Å²) in [6.45, 7) is 7.82. The van der Waals surface area contributed by atoms with Crippen LogP contribution < -0.4 is 5.32 Å². The SMILES string of the molecule is CCCCCCCCCCCCO[C@H]1O[C@H]([C@H](O)CNCc2ccccc2)[C@@H]2OC(C)(C)O[C@H]12. The maximum absolute atomic E-state index is 10.8. The van der Waals surface area contributed by atoms with E-state index in [9.17, 15) is 5.11 Å². The van der Waals surface area contributed by atoms with Crippen molar-refractivity contribution in [3.8, 4) is 0 Å². The van der Waals surface area contributed by atoms with E-state index >= 15 is 0 Å². The van der Waals surface area contributed by atoms with Crippen LogP contribution in [-0.2, 0) is 25.5 Å². The second kappa shape index (κ2) is 14.5. The van der Waals surface area contributed by atoms with Crippen LogP contribution in [0.2, 0.25) is 0 Å². The molecule has 0 spiro atoms. The maximum atomic E-state index is 10.8. The Kier molecular flexibility index (Phi) is 11.8. The van der Waals surface area contributed by atoms with Gasteiger partial charge in [-0.3, -0.25) is 0 Å². The number of hydrogen-bond donors (Lipinski definition) is 2. The lowest BCUT2D eigenvalue weighted by molar-refractivity contribution is -0.242. The van der Waals surface area contributed by atoms with Gasteiger partial charge < -0.3 is 29.4 Å². The van der Waals surface area contributed by atoms with E-state index in [1.807, 2.05) is 32.0 Å². The molecule has 2 heterocycles. The van der Waals surface area contributed by atoms with Crippen molar-refractivity contribution >= 4 is 0 Å². The van der Waals surface area contributed by atoms with Gasteiger partial charge in [0.2, 0.25) is 0 Å². The van der Waals surface area contributed by atoms with E-state index in [1.54, 1.807) is 0 Å². The van der Waals surface area contributed by atoms with Crippen molar-refractivity contribution in [3.63, 3.8) is 0 Å². The Morgan fingerprint density at radius 3 is 2.21 bits per heavy atom. The van der Waals surface area contributed by atoms with Gasteiger partial charge in [-0.25, -0.2) is 0 Å². The molecular weight excluding hydrogens is 430 g/mol. The highest BCUT2D eigenvalue weighted by atomic mass is 16.8. The summed E-state index contributed by atoms with van der Waals surface area (Å²) < 4.78 is 24.4. The predicted molar refractivity (Wildman–Crippen MR) is 134 cm³/mol. The van der Waals surface area contributed by atoms with Crippen molar-refractivity contribution in [2.75, 3.05) is 13.2 Å². The predicted octanol–water partition coefficient (Wildman–Crippen LogP) is 5.32. The van der Waals surface area contributed by atoms with Crippen LogP contribution in [0.5, 0.6) is 0 Å². The van der Waals surface area contributed by atoms with Gasteiger partial charge >= 0.3 is 0 Å². The van der Waals surface area contributed by atoms with Gasteiger partial charge in [-0.05, 0) is 25.8 Å². The lowest BCUT2D eigenvalue weighted by Crippen LogP contribution is -2.43. The van der Waals surface area contributed by atoms with E-state index in [4.69, 9.17) is 18.9 Å². The maximum Gasteiger partial charge on any atom is 0.187 e. The Morgan fingerprint density at radius 2 is 1.53 bits per heavy atom. The molecule has 0 aliphatic carbocycles. The quantitative estimate of drug-likeness (QED) is 0.296. The molecule has 0 unspecified atom stereocenters. The van der Waals surface area contributed by atoms with Crippen LogP contribution >= 0.6 is 0 Å². The lowest BCUT2D eigenvalue weighted by atomic mass is 10.1. The minimum absolute atomic E-state index is 0.313. The lowest BCUT2D eigenvalue weighted by Gasteiger charge is -2.26. The third-order valence-corrected chi connectivity index (χ3v) is 6.73. The van der Waals surface area contributed by atoms with Crippen LogP contribution in [0.15, 0.2) is 30.3 Å². The van der Waals surface area contributed by atoms with Crippen molar-refractivity contribution in [2.24, 2.45) is 0 Å². The molecule has 2 aliphatic heterocycles. The normalized spacial score (nSPS) is 26.6.